The fourth-order valence-corrected chi connectivity index (χ4v) is 2.42. The third kappa shape index (κ3) is 2.22. The molecule has 0 saturated heterocycles. The molecule has 0 amide bonds. The second kappa shape index (κ2) is 4.79. The lowest BCUT2D eigenvalue weighted by Crippen LogP contribution is -2.23. The molecule has 3 aromatic heterocycles. The van der Waals surface area contributed by atoms with Gasteiger partial charge in [-0.05, 0) is 26.7 Å². The summed E-state index contributed by atoms with van der Waals surface area (Å²) in [6, 6.07) is 0. The molecule has 116 valence electrons. The van der Waals surface area contributed by atoms with Gasteiger partial charge in [0.1, 0.15) is 6.33 Å². The zero-order chi connectivity index (χ0) is 16.1. The van der Waals surface area contributed by atoms with E-state index >= 15 is 0 Å². The van der Waals surface area contributed by atoms with E-state index in [0.29, 0.717) is 17.0 Å². The highest BCUT2D eigenvalue weighted by Gasteiger charge is 2.21. The number of aromatic amines is 1. The molecule has 7 heteroatoms. The van der Waals surface area contributed by atoms with Crippen LogP contribution < -0.4 is 5.56 Å². The normalized spacial score (nSPS) is 12.5. The first kappa shape index (κ1) is 14.5. The predicted molar refractivity (Wildman–Crippen MR) is 83.9 cm³/mol. The van der Waals surface area contributed by atoms with E-state index < -0.39 is 0 Å². The standard InChI is InChI=1S/C15H20N6O/c1-9(2)11-12(10-6-17-20(7-10)15(3,4)5)19-14-16-8-18-21(14)13(11)22/h6-9H,1-5H3,(H,16,18,19). The maximum absolute atomic E-state index is 12.7. The van der Waals surface area contributed by atoms with Crippen LogP contribution in [0.1, 0.15) is 46.1 Å². The van der Waals surface area contributed by atoms with Gasteiger partial charge >= 0.3 is 0 Å². The molecular weight excluding hydrogens is 280 g/mol. The molecular formula is C15H20N6O. The second-order valence-corrected chi connectivity index (χ2v) is 6.70. The van der Waals surface area contributed by atoms with Gasteiger partial charge in [0.2, 0.25) is 0 Å². The van der Waals surface area contributed by atoms with Crippen molar-refractivity contribution in [2.24, 2.45) is 0 Å². The van der Waals surface area contributed by atoms with Crippen molar-refractivity contribution in [3.05, 3.63) is 34.6 Å². The van der Waals surface area contributed by atoms with Crippen molar-refractivity contribution in [2.45, 2.75) is 46.1 Å². The second-order valence-electron chi connectivity index (χ2n) is 6.70. The molecule has 1 N–H and O–H groups in total. The van der Waals surface area contributed by atoms with Crippen LogP contribution in [-0.2, 0) is 5.54 Å². The van der Waals surface area contributed by atoms with Gasteiger partial charge in [-0.15, -0.1) is 0 Å². The molecule has 7 nitrogen and oxygen atoms in total. The average Bonchev–Trinajstić information content (AvgIpc) is 3.06. The Labute approximate surface area is 128 Å². The molecule has 0 unspecified atom stereocenters. The minimum Gasteiger partial charge on any atom is -0.278 e. The van der Waals surface area contributed by atoms with Crippen LogP contribution in [0.2, 0.25) is 0 Å². The minimum absolute atomic E-state index is 0.0492. The van der Waals surface area contributed by atoms with E-state index in [9.17, 15) is 4.79 Å². The van der Waals surface area contributed by atoms with Crippen LogP contribution in [0.4, 0.5) is 0 Å². The first-order valence-electron chi connectivity index (χ1n) is 7.30. The fraction of sp³-hybridized carbons (Fsp3) is 0.467. The summed E-state index contributed by atoms with van der Waals surface area (Å²) in [5.74, 6) is 0.418. The van der Waals surface area contributed by atoms with E-state index in [0.717, 1.165) is 5.56 Å². The van der Waals surface area contributed by atoms with Crippen molar-refractivity contribution in [3.63, 3.8) is 0 Å². The topological polar surface area (TPSA) is 80.9 Å². The Bertz CT molecular complexity index is 877. The number of nitrogens with one attached hydrogen (secondary N) is 1. The molecule has 0 aliphatic heterocycles. The van der Waals surface area contributed by atoms with E-state index in [2.05, 4.69) is 40.9 Å². The number of nitrogens with zero attached hydrogens (tertiary/aromatic N) is 5. The van der Waals surface area contributed by atoms with Crippen LogP contribution in [-0.4, -0.2) is 29.4 Å². The van der Waals surface area contributed by atoms with E-state index in [1.165, 1.54) is 10.8 Å². The molecule has 0 aromatic carbocycles. The molecule has 0 spiro atoms. The summed E-state index contributed by atoms with van der Waals surface area (Å²) < 4.78 is 3.24. The van der Waals surface area contributed by atoms with Gasteiger partial charge in [0.25, 0.3) is 11.3 Å². The molecule has 0 radical (unpaired) electrons. The summed E-state index contributed by atoms with van der Waals surface area (Å²) in [5, 5.41) is 7.20. The number of hydrogen-bond acceptors (Lipinski definition) is 4. The van der Waals surface area contributed by atoms with Gasteiger partial charge in [0, 0.05) is 17.3 Å². The largest absolute Gasteiger partial charge is 0.278 e. The first-order valence-corrected chi connectivity index (χ1v) is 7.30. The molecule has 0 fully saturated rings. The van der Waals surface area contributed by atoms with Gasteiger partial charge in [-0.2, -0.15) is 9.61 Å². The predicted octanol–water partition coefficient (Wildman–Crippen LogP) is 2.16. The Morgan fingerprint density at radius 1 is 1.27 bits per heavy atom. The SMILES string of the molecule is CC(C)c1c(-c2cnn(C(C)(C)C)c2)nc2nc[nH]n2c1=O. The Morgan fingerprint density at radius 3 is 2.59 bits per heavy atom. The third-order valence-corrected chi connectivity index (χ3v) is 3.59. The Hall–Kier alpha value is -2.44. The van der Waals surface area contributed by atoms with Gasteiger partial charge in [0.05, 0.1) is 17.4 Å². The van der Waals surface area contributed by atoms with Gasteiger partial charge in [-0.1, -0.05) is 13.8 Å². The highest BCUT2D eigenvalue weighted by atomic mass is 16.1. The number of aromatic nitrogens is 6. The zero-order valence-electron chi connectivity index (χ0n) is 13.5. The number of hydrogen-bond donors (Lipinski definition) is 1. The lowest BCUT2D eigenvalue weighted by Gasteiger charge is -2.18. The van der Waals surface area contributed by atoms with Gasteiger partial charge in [0.15, 0.2) is 0 Å². The average molecular weight is 300 g/mol. The Morgan fingerprint density at radius 2 is 2.00 bits per heavy atom. The van der Waals surface area contributed by atoms with Gasteiger partial charge in [-0.3, -0.25) is 14.6 Å². The summed E-state index contributed by atoms with van der Waals surface area (Å²) in [6.45, 7) is 10.2. The highest BCUT2D eigenvalue weighted by Crippen LogP contribution is 2.26. The first-order chi connectivity index (χ1) is 10.3. The smallest absolute Gasteiger partial charge is 0.278 e. The monoisotopic (exact) mass is 300 g/mol. The fourth-order valence-electron chi connectivity index (χ4n) is 2.42. The molecule has 0 aliphatic rings. The van der Waals surface area contributed by atoms with Crippen molar-refractivity contribution in [2.75, 3.05) is 0 Å². The summed E-state index contributed by atoms with van der Waals surface area (Å²) in [5.41, 5.74) is 1.91. The molecule has 0 aliphatic carbocycles. The highest BCUT2D eigenvalue weighted by molar-refractivity contribution is 5.63. The summed E-state index contributed by atoms with van der Waals surface area (Å²) in [6.07, 6.45) is 5.15. The minimum atomic E-state index is -0.123. The van der Waals surface area contributed by atoms with Crippen molar-refractivity contribution in [3.8, 4) is 11.3 Å². The zero-order valence-corrected chi connectivity index (χ0v) is 13.5. The maximum atomic E-state index is 12.7. The summed E-state index contributed by atoms with van der Waals surface area (Å²) in [7, 11) is 0. The lowest BCUT2D eigenvalue weighted by atomic mass is 10.00. The Kier molecular flexibility index (Phi) is 3.16. The van der Waals surface area contributed by atoms with E-state index in [1.54, 1.807) is 6.20 Å². The quantitative estimate of drug-likeness (QED) is 0.786. The summed E-state index contributed by atoms with van der Waals surface area (Å²) >= 11 is 0. The van der Waals surface area contributed by atoms with Crippen LogP contribution in [0.5, 0.6) is 0 Å². The molecule has 3 rings (SSSR count). The maximum Gasteiger partial charge on any atom is 0.278 e. The third-order valence-electron chi connectivity index (χ3n) is 3.59. The van der Waals surface area contributed by atoms with Crippen molar-refractivity contribution < 1.29 is 0 Å². The summed E-state index contributed by atoms with van der Waals surface area (Å²) in [4.78, 5) is 21.3. The van der Waals surface area contributed by atoms with Crippen LogP contribution in [0.3, 0.4) is 0 Å². The van der Waals surface area contributed by atoms with Crippen LogP contribution in [0.25, 0.3) is 17.0 Å². The van der Waals surface area contributed by atoms with E-state index in [1.807, 2.05) is 24.7 Å². The Balaban J connectivity index is 2.28. The molecule has 3 heterocycles. The number of rotatable bonds is 2. The van der Waals surface area contributed by atoms with Gasteiger partial charge < -0.3 is 0 Å². The van der Waals surface area contributed by atoms with Crippen LogP contribution in [0, 0.1) is 0 Å². The molecule has 22 heavy (non-hydrogen) atoms. The molecule has 0 atom stereocenters. The van der Waals surface area contributed by atoms with E-state index in [4.69, 9.17) is 0 Å². The van der Waals surface area contributed by atoms with Crippen molar-refractivity contribution >= 4 is 5.78 Å². The van der Waals surface area contributed by atoms with Crippen LogP contribution in [0.15, 0.2) is 23.5 Å². The van der Waals surface area contributed by atoms with Crippen LogP contribution >= 0.6 is 0 Å². The lowest BCUT2D eigenvalue weighted by molar-refractivity contribution is 0.355. The molecule has 0 bridgehead atoms. The van der Waals surface area contributed by atoms with Crippen molar-refractivity contribution in [1.82, 2.24) is 29.4 Å². The number of H-pyrrole nitrogens is 1. The molecule has 0 saturated carbocycles. The van der Waals surface area contributed by atoms with Gasteiger partial charge in [-0.25, -0.2) is 9.97 Å². The molecule has 3 aromatic rings. The van der Waals surface area contributed by atoms with E-state index in [-0.39, 0.29) is 17.0 Å². The number of fused-ring (bicyclic) bond motifs is 1. The van der Waals surface area contributed by atoms with Crippen molar-refractivity contribution in [1.29, 1.82) is 0 Å².